The van der Waals surface area contributed by atoms with Crippen molar-refractivity contribution in [2.75, 3.05) is 26.2 Å². The number of carbonyl (C=O) groups is 1. The first-order chi connectivity index (χ1) is 13.3. The van der Waals surface area contributed by atoms with Crippen LogP contribution in [-0.2, 0) is 6.42 Å². The second kappa shape index (κ2) is 8.61. The summed E-state index contributed by atoms with van der Waals surface area (Å²) in [6.45, 7) is 3.39. The molecule has 1 fully saturated rings. The lowest BCUT2D eigenvalue weighted by molar-refractivity contribution is 0.203. The average Bonchev–Trinajstić information content (AvgIpc) is 3.41. The second-order valence-electron chi connectivity index (χ2n) is 7.65. The number of fused-ring (bicyclic) bond motifs is 1. The molecule has 4 rings (SSSR count). The van der Waals surface area contributed by atoms with E-state index in [1.807, 2.05) is 12.1 Å². The summed E-state index contributed by atoms with van der Waals surface area (Å²) in [5.41, 5.74) is 2.83. The molecule has 27 heavy (non-hydrogen) atoms. The monoisotopic (exact) mass is 367 g/mol. The van der Waals surface area contributed by atoms with Gasteiger partial charge in [0.25, 0.3) is 0 Å². The Morgan fingerprint density at radius 2 is 1.96 bits per heavy atom. The van der Waals surface area contributed by atoms with E-state index in [4.69, 9.17) is 4.42 Å². The third kappa shape index (κ3) is 4.35. The number of hydrogen-bond acceptors (Lipinski definition) is 3. The molecule has 2 atom stereocenters. The molecule has 0 bridgehead atoms. The molecular weight excluding hydrogens is 338 g/mol. The second-order valence-corrected chi connectivity index (χ2v) is 7.65. The largest absolute Gasteiger partial charge is 0.468 e. The van der Waals surface area contributed by atoms with E-state index in [0.717, 1.165) is 31.7 Å². The van der Waals surface area contributed by atoms with Crippen molar-refractivity contribution in [1.29, 1.82) is 0 Å². The molecule has 0 spiro atoms. The molecule has 1 aliphatic carbocycles. The van der Waals surface area contributed by atoms with Crippen molar-refractivity contribution in [2.45, 2.75) is 44.1 Å². The third-order valence-corrected chi connectivity index (χ3v) is 5.91. The van der Waals surface area contributed by atoms with Crippen LogP contribution in [0.4, 0.5) is 4.79 Å². The summed E-state index contributed by atoms with van der Waals surface area (Å²) in [6, 6.07) is 12.6. The summed E-state index contributed by atoms with van der Waals surface area (Å²) in [6.07, 6.45) is 7.62. The normalized spacial score (nSPS) is 20.8. The van der Waals surface area contributed by atoms with E-state index in [1.54, 1.807) is 6.26 Å². The van der Waals surface area contributed by atoms with Crippen LogP contribution in [0.3, 0.4) is 0 Å². The van der Waals surface area contributed by atoms with Crippen LogP contribution in [0.25, 0.3) is 0 Å². The molecule has 1 aliphatic heterocycles. The fraction of sp³-hybridized carbons (Fsp3) is 0.500. The minimum atomic E-state index is -0.0891. The van der Waals surface area contributed by atoms with Crippen molar-refractivity contribution in [3.63, 3.8) is 0 Å². The molecule has 1 saturated heterocycles. The van der Waals surface area contributed by atoms with E-state index in [1.165, 1.54) is 30.4 Å². The number of hydrogen-bond donors (Lipinski definition) is 2. The van der Waals surface area contributed by atoms with Crippen LogP contribution in [0.5, 0.6) is 0 Å². The molecule has 0 saturated carbocycles. The standard InChI is InChI=1S/C22H29N3O2/c26-22(23-15-18-9-5-8-17-7-1-2-10-19(17)18)24-16-20(21-11-6-14-27-21)25-12-3-4-13-25/h1-2,6-7,10-11,14,18,20H,3-5,8-9,12-13,15-16H2,(H2,23,24,26). The van der Waals surface area contributed by atoms with Gasteiger partial charge in [-0.1, -0.05) is 24.3 Å². The maximum Gasteiger partial charge on any atom is 0.314 e. The highest BCUT2D eigenvalue weighted by Gasteiger charge is 2.26. The summed E-state index contributed by atoms with van der Waals surface area (Å²) >= 11 is 0. The first-order valence-corrected chi connectivity index (χ1v) is 10.2. The lowest BCUT2D eigenvalue weighted by Gasteiger charge is -2.27. The number of rotatable bonds is 6. The Labute approximate surface area is 161 Å². The van der Waals surface area contributed by atoms with Gasteiger partial charge in [0, 0.05) is 19.0 Å². The number of carbonyl (C=O) groups excluding carboxylic acids is 1. The highest BCUT2D eigenvalue weighted by atomic mass is 16.3. The SMILES string of the molecule is O=C(NCC1CCCc2ccccc21)NCC(c1ccco1)N1CCCC1. The van der Waals surface area contributed by atoms with Gasteiger partial charge in [-0.15, -0.1) is 0 Å². The van der Waals surface area contributed by atoms with E-state index >= 15 is 0 Å². The zero-order chi connectivity index (χ0) is 18.5. The number of urea groups is 1. The molecule has 1 aromatic heterocycles. The fourth-order valence-electron chi connectivity index (χ4n) is 4.48. The predicted octanol–water partition coefficient (Wildman–Crippen LogP) is 3.84. The van der Waals surface area contributed by atoms with Crippen molar-refractivity contribution in [3.8, 4) is 0 Å². The Hall–Kier alpha value is -2.27. The lowest BCUT2D eigenvalue weighted by atomic mass is 9.83. The summed E-state index contributed by atoms with van der Waals surface area (Å²) in [7, 11) is 0. The van der Waals surface area contributed by atoms with E-state index in [0.29, 0.717) is 19.0 Å². The Morgan fingerprint density at radius 1 is 1.11 bits per heavy atom. The molecule has 5 heteroatoms. The molecular formula is C22H29N3O2. The van der Waals surface area contributed by atoms with Crippen LogP contribution >= 0.6 is 0 Å². The topological polar surface area (TPSA) is 57.5 Å². The average molecular weight is 367 g/mol. The van der Waals surface area contributed by atoms with E-state index in [2.05, 4.69) is 39.8 Å². The van der Waals surface area contributed by atoms with E-state index in [-0.39, 0.29) is 12.1 Å². The molecule has 2 N–H and O–H groups in total. The predicted molar refractivity (Wildman–Crippen MR) is 106 cm³/mol. The minimum Gasteiger partial charge on any atom is -0.468 e. The fourth-order valence-corrected chi connectivity index (χ4v) is 4.48. The van der Waals surface area contributed by atoms with Gasteiger partial charge >= 0.3 is 6.03 Å². The van der Waals surface area contributed by atoms with Crippen LogP contribution in [0, 0.1) is 0 Å². The van der Waals surface area contributed by atoms with Gasteiger partial charge in [-0.25, -0.2) is 4.79 Å². The summed E-state index contributed by atoms with van der Waals surface area (Å²) in [5, 5.41) is 6.15. The number of nitrogens with one attached hydrogen (secondary N) is 2. The van der Waals surface area contributed by atoms with Crippen molar-refractivity contribution in [1.82, 2.24) is 15.5 Å². The van der Waals surface area contributed by atoms with Gasteiger partial charge in [0.2, 0.25) is 0 Å². The van der Waals surface area contributed by atoms with Crippen LogP contribution in [0.2, 0.25) is 0 Å². The van der Waals surface area contributed by atoms with Gasteiger partial charge in [0.05, 0.1) is 12.3 Å². The van der Waals surface area contributed by atoms with Gasteiger partial charge in [0.15, 0.2) is 0 Å². The lowest BCUT2D eigenvalue weighted by Crippen LogP contribution is -2.42. The zero-order valence-corrected chi connectivity index (χ0v) is 15.8. The molecule has 144 valence electrons. The zero-order valence-electron chi connectivity index (χ0n) is 15.8. The Balaban J connectivity index is 1.30. The maximum atomic E-state index is 12.4. The van der Waals surface area contributed by atoms with Crippen LogP contribution in [0.15, 0.2) is 47.1 Å². The number of amides is 2. The Morgan fingerprint density at radius 3 is 2.78 bits per heavy atom. The number of nitrogens with zero attached hydrogens (tertiary/aromatic N) is 1. The van der Waals surface area contributed by atoms with Gasteiger partial charge in [-0.2, -0.15) is 0 Å². The van der Waals surface area contributed by atoms with Gasteiger partial charge in [0.1, 0.15) is 5.76 Å². The summed E-state index contributed by atoms with van der Waals surface area (Å²) in [4.78, 5) is 14.8. The molecule has 2 unspecified atom stereocenters. The highest BCUT2D eigenvalue weighted by Crippen LogP contribution is 2.30. The molecule has 2 heterocycles. The smallest absolute Gasteiger partial charge is 0.314 e. The van der Waals surface area contributed by atoms with E-state index < -0.39 is 0 Å². The number of benzene rings is 1. The third-order valence-electron chi connectivity index (χ3n) is 5.91. The maximum absolute atomic E-state index is 12.4. The van der Waals surface area contributed by atoms with E-state index in [9.17, 15) is 4.79 Å². The van der Waals surface area contributed by atoms with Crippen LogP contribution < -0.4 is 10.6 Å². The molecule has 1 aromatic carbocycles. The number of furan rings is 1. The molecule has 0 radical (unpaired) electrons. The van der Waals surface area contributed by atoms with Crippen molar-refractivity contribution >= 4 is 6.03 Å². The van der Waals surface area contributed by atoms with Crippen molar-refractivity contribution in [3.05, 3.63) is 59.5 Å². The molecule has 2 amide bonds. The van der Waals surface area contributed by atoms with Crippen molar-refractivity contribution < 1.29 is 9.21 Å². The first-order valence-electron chi connectivity index (χ1n) is 10.2. The Bertz CT molecular complexity index is 738. The van der Waals surface area contributed by atoms with Gasteiger partial charge < -0.3 is 15.1 Å². The Kier molecular flexibility index (Phi) is 5.78. The molecule has 2 aliphatic rings. The quantitative estimate of drug-likeness (QED) is 0.816. The van der Waals surface area contributed by atoms with Crippen LogP contribution in [0.1, 0.15) is 54.5 Å². The van der Waals surface area contributed by atoms with Crippen molar-refractivity contribution in [2.24, 2.45) is 0 Å². The number of likely N-dealkylation sites (tertiary alicyclic amines) is 1. The first kappa shape index (κ1) is 18.1. The minimum absolute atomic E-state index is 0.0891. The van der Waals surface area contributed by atoms with Crippen LogP contribution in [-0.4, -0.2) is 37.1 Å². The molecule has 5 nitrogen and oxygen atoms in total. The van der Waals surface area contributed by atoms with Gasteiger partial charge in [-0.05, 0) is 68.5 Å². The molecule has 2 aromatic rings. The highest BCUT2D eigenvalue weighted by molar-refractivity contribution is 5.74. The van der Waals surface area contributed by atoms with Gasteiger partial charge in [-0.3, -0.25) is 4.90 Å². The summed E-state index contributed by atoms with van der Waals surface area (Å²) < 4.78 is 5.62. The number of aryl methyl sites for hydroxylation is 1. The summed E-state index contributed by atoms with van der Waals surface area (Å²) in [5.74, 6) is 1.35.